The van der Waals surface area contributed by atoms with Crippen LogP contribution in [0.15, 0.2) is 113 Å². The molecule has 1 aliphatic rings. The fourth-order valence-electron chi connectivity index (χ4n) is 5.16. The lowest BCUT2D eigenvalue weighted by Gasteiger charge is -2.39. The van der Waals surface area contributed by atoms with Crippen LogP contribution in [-0.2, 0) is 13.1 Å². The number of non-ortho nitro benzene ring substituents is 1. The number of nitrogens with zero attached hydrogens (tertiary/aromatic N) is 3. The molecule has 1 saturated heterocycles. The fraction of sp³-hybridized carbons (Fsp3) is 0.242. The summed E-state index contributed by atoms with van der Waals surface area (Å²) in [6.45, 7) is 5.02. The maximum absolute atomic E-state index is 13.9. The SMILES string of the molecule is Cc1ccc(Sc2ccc([N+](=O)[O-])cc2CN(C(=O)c2ccccc2)C2CCN(Cc3ccccc3)CC2)cc1. The molecule has 7 heteroatoms. The van der Waals surface area contributed by atoms with Gasteiger partial charge in [-0.3, -0.25) is 19.8 Å². The Morgan fingerprint density at radius 1 is 0.925 bits per heavy atom. The summed E-state index contributed by atoms with van der Waals surface area (Å²) < 4.78 is 0. The first-order valence-corrected chi connectivity index (χ1v) is 14.4. The number of aryl methyl sites for hydroxylation is 1. The molecule has 1 heterocycles. The van der Waals surface area contributed by atoms with E-state index in [2.05, 4.69) is 53.4 Å². The Bertz CT molecular complexity index is 1440. The van der Waals surface area contributed by atoms with Gasteiger partial charge >= 0.3 is 0 Å². The molecule has 0 aromatic heterocycles. The highest BCUT2D eigenvalue weighted by molar-refractivity contribution is 7.99. The van der Waals surface area contributed by atoms with Gasteiger partial charge in [-0.25, -0.2) is 0 Å². The highest BCUT2D eigenvalue weighted by atomic mass is 32.2. The van der Waals surface area contributed by atoms with Gasteiger partial charge in [-0.15, -0.1) is 0 Å². The van der Waals surface area contributed by atoms with Crippen molar-refractivity contribution in [2.24, 2.45) is 0 Å². The van der Waals surface area contributed by atoms with E-state index in [1.54, 1.807) is 23.9 Å². The molecular formula is C33H33N3O3S. The van der Waals surface area contributed by atoms with Gasteiger partial charge < -0.3 is 4.90 Å². The first-order valence-electron chi connectivity index (χ1n) is 13.6. The number of piperidine rings is 1. The molecule has 0 saturated carbocycles. The number of hydrogen-bond acceptors (Lipinski definition) is 5. The molecule has 1 fully saturated rings. The minimum atomic E-state index is -0.366. The number of carbonyl (C=O) groups excluding carboxylic acids is 1. The van der Waals surface area contributed by atoms with Gasteiger partial charge in [0.15, 0.2) is 0 Å². The van der Waals surface area contributed by atoms with Crippen molar-refractivity contribution >= 4 is 23.4 Å². The third kappa shape index (κ3) is 6.97. The van der Waals surface area contributed by atoms with E-state index >= 15 is 0 Å². The lowest BCUT2D eigenvalue weighted by molar-refractivity contribution is -0.385. The Morgan fingerprint density at radius 3 is 2.23 bits per heavy atom. The van der Waals surface area contributed by atoms with Crippen molar-refractivity contribution < 1.29 is 9.72 Å². The van der Waals surface area contributed by atoms with Gasteiger partial charge in [-0.1, -0.05) is 78.0 Å². The van der Waals surface area contributed by atoms with Crippen LogP contribution in [0.3, 0.4) is 0 Å². The van der Waals surface area contributed by atoms with Gasteiger partial charge in [0.1, 0.15) is 0 Å². The predicted molar refractivity (Wildman–Crippen MR) is 159 cm³/mol. The molecular weight excluding hydrogens is 518 g/mol. The molecule has 4 aromatic carbocycles. The minimum Gasteiger partial charge on any atom is -0.331 e. The second-order valence-electron chi connectivity index (χ2n) is 10.3. The van der Waals surface area contributed by atoms with Gasteiger partial charge in [0.2, 0.25) is 0 Å². The molecule has 40 heavy (non-hydrogen) atoms. The van der Waals surface area contributed by atoms with Crippen molar-refractivity contribution in [3.63, 3.8) is 0 Å². The van der Waals surface area contributed by atoms with Crippen molar-refractivity contribution in [3.05, 3.63) is 135 Å². The molecule has 4 aromatic rings. The first-order chi connectivity index (χ1) is 19.5. The normalized spacial score (nSPS) is 14.1. The molecule has 0 unspecified atom stereocenters. The number of hydrogen-bond donors (Lipinski definition) is 0. The summed E-state index contributed by atoms with van der Waals surface area (Å²) in [7, 11) is 0. The zero-order chi connectivity index (χ0) is 27.9. The molecule has 0 radical (unpaired) electrons. The van der Waals surface area contributed by atoms with Gasteiger partial charge in [-0.2, -0.15) is 0 Å². The minimum absolute atomic E-state index is 0.0352. The molecule has 6 nitrogen and oxygen atoms in total. The van der Waals surface area contributed by atoms with Crippen LogP contribution in [0.4, 0.5) is 5.69 Å². The van der Waals surface area contributed by atoms with Crippen molar-refractivity contribution in [2.45, 2.75) is 48.7 Å². The van der Waals surface area contributed by atoms with Crippen LogP contribution in [0.25, 0.3) is 0 Å². The first kappa shape index (κ1) is 27.6. The molecule has 0 aliphatic carbocycles. The maximum Gasteiger partial charge on any atom is 0.269 e. The Kier molecular flexibility index (Phi) is 8.94. The number of likely N-dealkylation sites (tertiary alicyclic amines) is 1. The summed E-state index contributed by atoms with van der Waals surface area (Å²) in [6, 6.07) is 33.0. The highest BCUT2D eigenvalue weighted by Gasteiger charge is 2.30. The standard InChI is InChI=1S/C33H33N3O3S/c1-25-12-15-31(16-13-25)40-32-17-14-30(36(38)39)22-28(32)24-35(33(37)27-10-6-3-7-11-27)29-18-20-34(21-19-29)23-26-8-4-2-5-9-26/h2-17,22,29H,18-21,23-24H2,1H3. The van der Waals surface area contributed by atoms with Crippen molar-refractivity contribution in [1.82, 2.24) is 9.80 Å². The van der Waals surface area contributed by atoms with E-state index in [0.717, 1.165) is 47.8 Å². The van der Waals surface area contributed by atoms with Gasteiger partial charge in [0.25, 0.3) is 11.6 Å². The zero-order valence-electron chi connectivity index (χ0n) is 22.6. The summed E-state index contributed by atoms with van der Waals surface area (Å²) in [5.41, 5.74) is 3.91. The number of nitro groups is 1. The van der Waals surface area contributed by atoms with Crippen LogP contribution in [0, 0.1) is 17.0 Å². The van der Waals surface area contributed by atoms with Gasteiger partial charge in [0, 0.05) is 59.7 Å². The van der Waals surface area contributed by atoms with Crippen LogP contribution in [0.5, 0.6) is 0 Å². The van der Waals surface area contributed by atoms with Crippen LogP contribution < -0.4 is 0 Å². The zero-order valence-corrected chi connectivity index (χ0v) is 23.4. The highest BCUT2D eigenvalue weighted by Crippen LogP contribution is 2.35. The average molecular weight is 552 g/mol. The smallest absolute Gasteiger partial charge is 0.269 e. The lowest BCUT2D eigenvalue weighted by Crippen LogP contribution is -2.47. The largest absolute Gasteiger partial charge is 0.331 e. The maximum atomic E-state index is 13.9. The van der Waals surface area contributed by atoms with Gasteiger partial charge in [-0.05, 0) is 61.2 Å². The van der Waals surface area contributed by atoms with Crippen molar-refractivity contribution in [2.75, 3.05) is 13.1 Å². The summed E-state index contributed by atoms with van der Waals surface area (Å²) in [6.07, 6.45) is 1.70. The van der Waals surface area contributed by atoms with E-state index in [1.165, 1.54) is 11.1 Å². The van der Waals surface area contributed by atoms with Crippen molar-refractivity contribution in [1.29, 1.82) is 0 Å². The molecule has 0 bridgehead atoms. The average Bonchev–Trinajstić information content (AvgIpc) is 2.99. The Balaban J connectivity index is 1.41. The van der Waals surface area contributed by atoms with Gasteiger partial charge in [0.05, 0.1) is 4.92 Å². The quantitative estimate of drug-likeness (QED) is 0.161. The fourth-order valence-corrected chi connectivity index (χ4v) is 6.08. The van der Waals surface area contributed by atoms with E-state index in [-0.39, 0.29) is 22.6 Å². The summed E-state index contributed by atoms with van der Waals surface area (Å²) in [5.74, 6) is -0.0418. The van der Waals surface area contributed by atoms with E-state index < -0.39 is 0 Å². The number of benzene rings is 4. The molecule has 204 valence electrons. The number of carbonyl (C=O) groups is 1. The van der Waals surface area contributed by atoms with E-state index in [1.807, 2.05) is 54.3 Å². The molecule has 0 spiro atoms. The Hall–Kier alpha value is -3.94. The molecule has 0 N–H and O–H groups in total. The van der Waals surface area contributed by atoms with E-state index in [0.29, 0.717) is 12.1 Å². The van der Waals surface area contributed by atoms with Crippen LogP contribution >= 0.6 is 11.8 Å². The third-order valence-corrected chi connectivity index (χ3v) is 8.50. The van der Waals surface area contributed by atoms with Crippen LogP contribution in [-0.4, -0.2) is 39.8 Å². The van der Waals surface area contributed by atoms with Crippen LogP contribution in [0.1, 0.15) is 39.9 Å². The molecule has 1 amide bonds. The Labute approximate surface area is 239 Å². The van der Waals surface area contributed by atoms with E-state index in [9.17, 15) is 14.9 Å². The lowest BCUT2D eigenvalue weighted by atomic mass is 10.00. The predicted octanol–water partition coefficient (Wildman–Crippen LogP) is 7.36. The second kappa shape index (κ2) is 12.9. The second-order valence-corrected chi connectivity index (χ2v) is 11.4. The van der Waals surface area contributed by atoms with Crippen LogP contribution in [0.2, 0.25) is 0 Å². The number of nitro benzene ring substituents is 1. The number of amides is 1. The van der Waals surface area contributed by atoms with Crippen molar-refractivity contribution in [3.8, 4) is 0 Å². The summed E-state index contributed by atoms with van der Waals surface area (Å²) in [5, 5.41) is 11.7. The summed E-state index contributed by atoms with van der Waals surface area (Å²) >= 11 is 1.57. The topological polar surface area (TPSA) is 66.7 Å². The third-order valence-electron chi connectivity index (χ3n) is 7.37. The Morgan fingerprint density at radius 2 is 1.57 bits per heavy atom. The molecule has 1 aliphatic heterocycles. The number of rotatable bonds is 9. The van der Waals surface area contributed by atoms with E-state index in [4.69, 9.17) is 0 Å². The summed E-state index contributed by atoms with van der Waals surface area (Å²) in [4.78, 5) is 31.6. The monoisotopic (exact) mass is 551 g/mol. The molecule has 5 rings (SSSR count). The molecule has 0 atom stereocenters.